The predicted octanol–water partition coefficient (Wildman–Crippen LogP) is 4.95. The van der Waals surface area contributed by atoms with Crippen LogP contribution >= 0.6 is 0 Å². The fraction of sp³-hybridized carbons (Fsp3) is 0.273. The molecular formula is C22H23N3. The summed E-state index contributed by atoms with van der Waals surface area (Å²) in [5.41, 5.74) is 4.77. The second-order valence-electron chi connectivity index (χ2n) is 6.82. The van der Waals surface area contributed by atoms with Gasteiger partial charge in [0.2, 0.25) is 0 Å². The molecule has 1 aliphatic carbocycles. The lowest BCUT2D eigenvalue weighted by atomic mass is 10.0. The molecular weight excluding hydrogens is 306 g/mol. The smallest absolute Gasteiger partial charge is 0.0570 e. The van der Waals surface area contributed by atoms with Crippen LogP contribution in [0.25, 0.3) is 11.1 Å². The van der Waals surface area contributed by atoms with E-state index in [1.54, 1.807) is 0 Å². The number of benzene rings is 1. The van der Waals surface area contributed by atoms with Crippen molar-refractivity contribution >= 4 is 0 Å². The highest BCUT2D eigenvalue weighted by atomic mass is 15.0. The van der Waals surface area contributed by atoms with Crippen molar-refractivity contribution in [3.05, 3.63) is 84.4 Å². The van der Waals surface area contributed by atoms with Crippen LogP contribution in [-0.2, 0) is 0 Å². The van der Waals surface area contributed by atoms with Crippen molar-refractivity contribution in [1.82, 2.24) is 15.3 Å². The summed E-state index contributed by atoms with van der Waals surface area (Å²) in [4.78, 5) is 8.85. The Labute approximate surface area is 149 Å². The van der Waals surface area contributed by atoms with Crippen molar-refractivity contribution in [3.63, 3.8) is 0 Å². The zero-order valence-electron chi connectivity index (χ0n) is 14.5. The lowest BCUT2D eigenvalue weighted by Crippen LogP contribution is -2.26. The Bertz CT molecular complexity index is 796. The fourth-order valence-corrected chi connectivity index (χ4v) is 3.32. The molecule has 126 valence electrons. The topological polar surface area (TPSA) is 37.8 Å². The van der Waals surface area contributed by atoms with Gasteiger partial charge in [-0.3, -0.25) is 9.97 Å². The largest absolute Gasteiger partial charge is 0.302 e. The van der Waals surface area contributed by atoms with Gasteiger partial charge < -0.3 is 5.32 Å². The first kappa shape index (κ1) is 16.0. The van der Waals surface area contributed by atoms with Crippen LogP contribution in [0.4, 0.5) is 0 Å². The summed E-state index contributed by atoms with van der Waals surface area (Å²) in [7, 11) is 0. The molecule has 1 fully saturated rings. The van der Waals surface area contributed by atoms with Gasteiger partial charge >= 0.3 is 0 Å². The lowest BCUT2D eigenvalue weighted by molar-refractivity contribution is 0.422. The average molecular weight is 329 g/mol. The summed E-state index contributed by atoms with van der Waals surface area (Å²) >= 11 is 0. The van der Waals surface area contributed by atoms with Gasteiger partial charge in [0.05, 0.1) is 5.69 Å². The number of pyridine rings is 2. The van der Waals surface area contributed by atoms with E-state index in [1.165, 1.54) is 24.0 Å². The third-order valence-electron chi connectivity index (χ3n) is 4.93. The highest BCUT2D eigenvalue weighted by Gasteiger charge is 2.33. The molecule has 1 N–H and O–H groups in total. The second-order valence-corrected chi connectivity index (χ2v) is 6.82. The molecule has 2 unspecified atom stereocenters. The molecule has 2 atom stereocenters. The van der Waals surface area contributed by atoms with E-state index >= 15 is 0 Å². The Balaban J connectivity index is 1.49. The third kappa shape index (κ3) is 3.77. The number of nitrogens with zero attached hydrogens (tertiary/aromatic N) is 2. The Morgan fingerprint density at radius 3 is 2.32 bits per heavy atom. The van der Waals surface area contributed by atoms with Crippen LogP contribution in [0.5, 0.6) is 0 Å². The molecule has 3 heteroatoms. The molecule has 3 aromatic rings. The number of nitrogens with one attached hydrogen (secondary N) is 1. The van der Waals surface area contributed by atoms with E-state index in [1.807, 2.05) is 24.7 Å². The number of aromatic nitrogens is 2. The van der Waals surface area contributed by atoms with Crippen LogP contribution < -0.4 is 5.32 Å². The molecule has 0 aliphatic heterocycles. The van der Waals surface area contributed by atoms with Crippen LogP contribution in [-0.4, -0.2) is 9.97 Å². The number of rotatable bonds is 6. The molecule has 1 saturated carbocycles. The minimum atomic E-state index is 0.212. The van der Waals surface area contributed by atoms with E-state index in [-0.39, 0.29) is 6.04 Å². The molecule has 0 radical (unpaired) electrons. The Kier molecular flexibility index (Phi) is 4.57. The molecule has 1 aromatic carbocycles. The maximum atomic E-state index is 4.71. The molecule has 2 aromatic heterocycles. The SMILES string of the molecule is CC(NC(c1ccncc1)C1CC1)c1ccc(-c2ccccc2)cn1. The molecule has 0 amide bonds. The summed E-state index contributed by atoms with van der Waals surface area (Å²) in [5, 5.41) is 3.78. The van der Waals surface area contributed by atoms with Crippen LogP contribution in [0.15, 0.2) is 73.2 Å². The molecule has 4 rings (SSSR count). The van der Waals surface area contributed by atoms with Crippen molar-refractivity contribution in [2.75, 3.05) is 0 Å². The molecule has 1 aliphatic rings. The average Bonchev–Trinajstić information content (AvgIpc) is 3.52. The molecule has 25 heavy (non-hydrogen) atoms. The van der Waals surface area contributed by atoms with Crippen LogP contribution in [0, 0.1) is 5.92 Å². The quantitative estimate of drug-likeness (QED) is 0.695. The standard InChI is InChI=1S/C22H23N3/c1-16(25-22(18-7-8-18)19-11-13-23-14-12-19)21-10-9-20(15-24-21)17-5-3-2-4-6-17/h2-6,9-16,18,22,25H,7-8H2,1H3. The van der Waals surface area contributed by atoms with Gasteiger partial charge in [-0.05, 0) is 55.0 Å². The zero-order valence-corrected chi connectivity index (χ0v) is 14.5. The lowest BCUT2D eigenvalue weighted by Gasteiger charge is -2.23. The monoisotopic (exact) mass is 329 g/mol. The van der Waals surface area contributed by atoms with E-state index in [0.29, 0.717) is 6.04 Å². The zero-order chi connectivity index (χ0) is 17.1. The maximum Gasteiger partial charge on any atom is 0.0570 e. The van der Waals surface area contributed by atoms with E-state index in [2.05, 4.69) is 65.8 Å². The maximum absolute atomic E-state index is 4.71. The summed E-state index contributed by atoms with van der Waals surface area (Å²) in [6.45, 7) is 2.20. The molecule has 0 bridgehead atoms. The van der Waals surface area contributed by atoms with Gasteiger partial charge in [-0.15, -0.1) is 0 Å². The van der Waals surface area contributed by atoms with Gasteiger partial charge in [0, 0.05) is 36.2 Å². The summed E-state index contributed by atoms with van der Waals surface area (Å²) in [6.07, 6.45) is 8.33. The molecule has 0 spiro atoms. The Morgan fingerprint density at radius 1 is 0.920 bits per heavy atom. The van der Waals surface area contributed by atoms with Gasteiger partial charge in [-0.1, -0.05) is 36.4 Å². The minimum absolute atomic E-state index is 0.212. The summed E-state index contributed by atoms with van der Waals surface area (Å²) in [6, 6.07) is 19.5. The first-order valence-electron chi connectivity index (χ1n) is 8.98. The third-order valence-corrected chi connectivity index (χ3v) is 4.93. The van der Waals surface area contributed by atoms with Crippen LogP contribution in [0.2, 0.25) is 0 Å². The number of hydrogen-bond donors (Lipinski definition) is 1. The molecule has 2 heterocycles. The van der Waals surface area contributed by atoms with Crippen molar-refractivity contribution in [2.45, 2.75) is 31.8 Å². The van der Waals surface area contributed by atoms with Crippen LogP contribution in [0.1, 0.15) is 43.1 Å². The van der Waals surface area contributed by atoms with Crippen molar-refractivity contribution in [2.24, 2.45) is 5.92 Å². The molecule has 0 saturated heterocycles. The first-order valence-corrected chi connectivity index (χ1v) is 8.98. The van der Waals surface area contributed by atoms with E-state index in [9.17, 15) is 0 Å². The molecule has 3 nitrogen and oxygen atoms in total. The predicted molar refractivity (Wildman–Crippen MR) is 101 cm³/mol. The normalized spacial score (nSPS) is 16.4. The second kappa shape index (κ2) is 7.16. The van der Waals surface area contributed by atoms with E-state index in [4.69, 9.17) is 4.98 Å². The van der Waals surface area contributed by atoms with E-state index < -0.39 is 0 Å². The van der Waals surface area contributed by atoms with Crippen molar-refractivity contribution in [3.8, 4) is 11.1 Å². The van der Waals surface area contributed by atoms with Crippen molar-refractivity contribution < 1.29 is 0 Å². The van der Waals surface area contributed by atoms with Gasteiger partial charge in [-0.2, -0.15) is 0 Å². The van der Waals surface area contributed by atoms with E-state index in [0.717, 1.165) is 17.2 Å². The summed E-state index contributed by atoms with van der Waals surface area (Å²) < 4.78 is 0. The Hall–Kier alpha value is -2.52. The number of hydrogen-bond acceptors (Lipinski definition) is 3. The minimum Gasteiger partial charge on any atom is -0.302 e. The highest BCUT2D eigenvalue weighted by molar-refractivity contribution is 5.62. The Morgan fingerprint density at radius 2 is 1.68 bits per heavy atom. The van der Waals surface area contributed by atoms with Crippen LogP contribution in [0.3, 0.4) is 0 Å². The fourth-order valence-electron chi connectivity index (χ4n) is 3.32. The van der Waals surface area contributed by atoms with Crippen molar-refractivity contribution in [1.29, 1.82) is 0 Å². The highest BCUT2D eigenvalue weighted by Crippen LogP contribution is 2.41. The van der Waals surface area contributed by atoms with Gasteiger partial charge in [0.25, 0.3) is 0 Å². The first-order chi connectivity index (χ1) is 12.3. The van der Waals surface area contributed by atoms with Gasteiger partial charge in [0.1, 0.15) is 0 Å². The van der Waals surface area contributed by atoms with Gasteiger partial charge in [0.15, 0.2) is 0 Å². The van der Waals surface area contributed by atoms with Gasteiger partial charge in [-0.25, -0.2) is 0 Å². The summed E-state index contributed by atoms with van der Waals surface area (Å²) in [5.74, 6) is 0.730.